The topological polar surface area (TPSA) is 6.48 Å². The highest BCUT2D eigenvalue weighted by Gasteiger charge is 2.41. The van der Waals surface area contributed by atoms with Gasteiger partial charge in [-0.2, -0.15) is 0 Å². The maximum absolute atomic E-state index is 2.55. The van der Waals surface area contributed by atoms with Gasteiger partial charge in [0, 0.05) is 34.4 Å². The van der Waals surface area contributed by atoms with Crippen molar-refractivity contribution in [1.29, 1.82) is 0 Å². The molecular formula is C58H42N2. The number of benzene rings is 9. The van der Waals surface area contributed by atoms with Gasteiger partial charge in [0.1, 0.15) is 0 Å². The first kappa shape index (κ1) is 35.5. The Hall–Kier alpha value is -7.68. The molecule has 0 aromatic heterocycles. The number of fused-ring (bicyclic) bond motifs is 5. The van der Waals surface area contributed by atoms with Crippen molar-refractivity contribution in [2.24, 2.45) is 0 Å². The van der Waals surface area contributed by atoms with Gasteiger partial charge < -0.3 is 9.80 Å². The number of nitrogens with zero attached hydrogens (tertiary/aromatic N) is 2. The fraction of sp³-hybridized carbons (Fsp3) is 0.0345. The third kappa shape index (κ3) is 6.49. The monoisotopic (exact) mass is 766 g/mol. The molecule has 2 unspecified atom stereocenters. The van der Waals surface area contributed by atoms with E-state index in [2.05, 4.69) is 252 Å². The molecule has 2 atom stereocenters. The summed E-state index contributed by atoms with van der Waals surface area (Å²) in [6, 6.07) is 84.0. The van der Waals surface area contributed by atoms with Crippen molar-refractivity contribution in [3.8, 4) is 44.5 Å². The van der Waals surface area contributed by atoms with Gasteiger partial charge >= 0.3 is 0 Å². The van der Waals surface area contributed by atoms with E-state index in [1.165, 1.54) is 72.6 Å². The number of hydrogen-bond donors (Lipinski definition) is 0. The molecule has 2 nitrogen and oxygen atoms in total. The van der Waals surface area contributed by atoms with Crippen LogP contribution in [0.15, 0.2) is 237 Å². The maximum Gasteiger partial charge on any atom is 0.0701 e. The molecule has 9 aromatic rings. The summed E-state index contributed by atoms with van der Waals surface area (Å²) >= 11 is 0. The fourth-order valence-corrected chi connectivity index (χ4v) is 9.26. The molecule has 1 aliphatic carbocycles. The molecule has 0 amide bonds. The van der Waals surface area contributed by atoms with Crippen LogP contribution in [0.1, 0.15) is 28.7 Å². The van der Waals surface area contributed by atoms with Crippen LogP contribution >= 0.6 is 0 Å². The second-order valence-electron chi connectivity index (χ2n) is 15.7. The van der Waals surface area contributed by atoms with Crippen LogP contribution in [-0.2, 0) is 0 Å². The van der Waals surface area contributed by atoms with Gasteiger partial charge in [0.25, 0.3) is 0 Å². The second-order valence-corrected chi connectivity index (χ2v) is 15.7. The summed E-state index contributed by atoms with van der Waals surface area (Å²) in [4.78, 5) is 4.93. The molecule has 9 aromatic carbocycles. The van der Waals surface area contributed by atoms with Gasteiger partial charge in [-0.15, -0.1) is 0 Å². The Morgan fingerprint density at radius 2 is 0.783 bits per heavy atom. The summed E-state index contributed by atoms with van der Waals surface area (Å²) in [5.41, 5.74) is 19.4. The van der Waals surface area contributed by atoms with Gasteiger partial charge in [-0.05, 0) is 116 Å². The highest BCUT2D eigenvalue weighted by Crippen LogP contribution is 2.55. The Labute approximate surface area is 352 Å². The van der Waals surface area contributed by atoms with Crippen LogP contribution in [0.25, 0.3) is 50.6 Å². The first-order valence-electron chi connectivity index (χ1n) is 20.8. The van der Waals surface area contributed by atoms with E-state index >= 15 is 0 Å². The zero-order valence-electron chi connectivity index (χ0n) is 33.1. The van der Waals surface area contributed by atoms with Gasteiger partial charge in [0.2, 0.25) is 0 Å². The predicted molar refractivity (Wildman–Crippen MR) is 252 cm³/mol. The van der Waals surface area contributed by atoms with Gasteiger partial charge in [0.05, 0.1) is 6.04 Å². The van der Waals surface area contributed by atoms with E-state index in [1.54, 1.807) is 0 Å². The van der Waals surface area contributed by atoms with Crippen LogP contribution in [0.3, 0.4) is 0 Å². The molecule has 60 heavy (non-hydrogen) atoms. The van der Waals surface area contributed by atoms with Crippen molar-refractivity contribution in [3.63, 3.8) is 0 Å². The third-order valence-corrected chi connectivity index (χ3v) is 12.2. The number of rotatable bonds is 8. The fourth-order valence-electron chi connectivity index (χ4n) is 9.26. The molecule has 0 bridgehead atoms. The van der Waals surface area contributed by atoms with E-state index in [1.807, 2.05) is 0 Å². The van der Waals surface area contributed by atoms with Crippen LogP contribution in [0.5, 0.6) is 0 Å². The summed E-state index contributed by atoms with van der Waals surface area (Å²) in [5, 5.41) is 0. The van der Waals surface area contributed by atoms with E-state index in [4.69, 9.17) is 0 Å². The number of hydrogen-bond acceptors (Lipinski definition) is 2. The average Bonchev–Trinajstić information content (AvgIpc) is 3.68. The zero-order valence-corrected chi connectivity index (χ0v) is 33.1. The first-order chi connectivity index (χ1) is 29.7. The molecule has 284 valence electrons. The molecule has 0 saturated carbocycles. The Bertz CT molecular complexity index is 2950. The van der Waals surface area contributed by atoms with Crippen LogP contribution in [0.4, 0.5) is 28.4 Å². The van der Waals surface area contributed by atoms with Gasteiger partial charge in [0.15, 0.2) is 0 Å². The van der Waals surface area contributed by atoms with Crippen LogP contribution in [-0.4, -0.2) is 0 Å². The largest absolute Gasteiger partial charge is 0.333 e. The van der Waals surface area contributed by atoms with E-state index in [9.17, 15) is 0 Å². The van der Waals surface area contributed by atoms with Crippen molar-refractivity contribution in [2.45, 2.75) is 12.0 Å². The molecule has 0 fully saturated rings. The standard InChI is InChI=1S/C58H42N2/c1-3-12-41(13-4-1)43-22-24-45(25-23-43)46-30-33-50(34-31-46)59(53-18-11-17-49(40-53)47-28-26-44(27-29-47)42-14-5-2-6-15-42)51-35-37-52(38-36-51)60-57-21-10-9-20-55(57)56-39-32-48-16-7-8-19-54(48)58(56)60/h1-40,56,58H. The first-order valence-corrected chi connectivity index (χ1v) is 20.8. The molecule has 2 heteroatoms. The van der Waals surface area contributed by atoms with Gasteiger partial charge in [-0.1, -0.05) is 188 Å². The minimum atomic E-state index is 0.199. The van der Waals surface area contributed by atoms with Gasteiger partial charge in [-0.25, -0.2) is 0 Å². The lowest BCUT2D eigenvalue weighted by molar-refractivity contribution is 0.667. The molecule has 11 rings (SSSR count). The minimum absolute atomic E-state index is 0.199. The molecule has 1 heterocycles. The third-order valence-electron chi connectivity index (χ3n) is 12.2. The minimum Gasteiger partial charge on any atom is -0.333 e. The zero-order chi connectivity index (χ0) is 39.8. The highest BCUT2D eigenvalue weighted by molar-refractivity contribution is 5.84. The average molecular weight is 767 g/mol. The van der Waals surface area contributed by atoms with Crippen LogP contribution in [0, 0.1) is 0 Å². The quantitative estimate of drug-likeness (QED) is 0.152. The Balaban J connectivity index is 0.964. The number of anilines is 5. The lowest BCUT2D eigenvalue weighted by atomic mass is 9.83. The summed E-state index contributed by atoms with van der Waals surface area (Å²) in [5.74, 6) is 0.296. The van der Waals surface area contributed by atoms with Crippen LogP contribution < -0.4 is 9.80 Å². The van der Waals surface area contributed by atoms with E-state index in [-0.39, 0.29) is 6.04 Å². The highest BCUT2D eigenvalue weighted by atomic mass is 15.2. The van der Waals surface area contributed by atoms with Crippen molar-refractivity contribution in [2.75, 3.05) is 9.80 Å². The lowest BCUT2D eigenvalue weighted by Gasteiger charge is -2.33. The summed E-state index contributed by atoms with van der Waals surface area (Å²) in [6.45, 7) is 0. The SMILES string of the molecule is C1=CC2c3ccccc3N(c3ccc(N(c4ccc(-c5ccc(-c6ccccc6)cc5)cc4)c4cccc(-c5ccc(-c6ccccc6)cc5)c4)cc3)C2c2ccccc21. The smallest absolute Gasteiger partial charge is 0.0701 e. The van der Waals surface area contributed by atoms with E-state index < -0.39 is 0 Å². The molecule has 0 spiro atoms. The van der Waals surface area contributed by atoms with Crippen molar-refractivity contribution < 1.29 is 0 Å². The van der Waals surface area contributed by atoms with Crippen molar-refractivity contribution >= 4 is 34.5 Å². The summed E-state index contributed by atoms with van der Waals surface area (Å²) < 4.78 is 0. The van der Waals surface area contributed by atoms with E-state index in [0.29, 0.717) is 5.92 Å². The van der Waals surface area contributed by atoms with Crippen molar-refractivity contribution in [1.82, 2.24) is 0 Å². The predicted octanol–water partition coefficient (Wildman–Crippen LogP) is 15.8. The molecule has 2 aliphatic rings. The summed E-state index contributed by atoms with van der Waals surface area (Å²) in [7, 11) is 0. The Kier molecular flexibility index (Phi) is 9.02. The maximum atomic E-state index is 2.55. The lowest BCUT2D eigenvalue weighted by Crippen LogP contribution is -2.24. The second kappa shape index (κ2) is 15.2. The van der Waals surface area contributed by atoms with Crippen LogP contribution in [0.2, 0.25) is 0 Å². The van der Waals surface area contributed by atoms with Gasteiger partial charge in [-0.3, -0.25) is 0 Å². The number of para-hydroxylation sites is 1. The Morgan fingerprint density at radius 3 is 1.38 bits per heavy atom. The Morgan fingerprint density at radius 1 is 0.333 bits per heavy atom. The molecule has 0 radical (unpaired) electrons. The summed E-state index contributed by atoms with van der Waals surface area (Å²) in [6.07, 6.45) is 4.69. The normalized spacial score (nSPS) is 14.9. The van der Waals surface area contributed by atoms with E-state index in [0.717, 1.165) is 17.1 Å². The van der Waals surface area contributed by atoms with Crippen molar-refractivity contribution in [3.05, 3.63) is 253 Å². The molecular weight excluding hydrogens is 725 g/mol. The molecule has 0 saturated heterocycles. The molecule has 1 aliphatic heterocycles. The molecule has 0 N–H and O–H groups in total.